The number of para-hydroxylation sites is 1. The number of aryl methyl sites for hydroxylation is 2. The lowest BCUT2D eigenvalue weighted by molar-refractivity contribution is 0.0754. The fourth-order valence-corrected chi connectivity index (χ4v) is 3.42. The van der Waals surface area contributed by atoms with Crippen LogP contribution in [0, 0.1) is 0 Å². The lowest BCUT2D eigenvalue weighted by Crippen LogP contribution is -2.33. The van der Waals surface area contributed by atoms with E-state index in [1.165, 1.54) is 24.0 Å². The molecule has 3 rings (SSSR count). The van der Waals surface area contributed by atoms with E-state index in [1.54, 1.807) is 7.11 Å². The van der Waals surface area contributed by atoms with Crippen LogP contribution in [0.15, 0.2) is 48.5 Å². The van der Waals surface area contributed by atoms with Gasteiger partial charge in [-0.05, 0) is 68.1 Å². The van der Waals surface area contributed by atoms with Crippen LogP contribution in [-0.2, 0) is 12.8 Å². The molecule has 0 aromatic heterocycles. The lowest BCUT2D eigenvalue weighted by atomic mass is 10.0. The molecule has 0 aliphatic carbocycles. The number of aliphatic hydroxyl groups is 1. The minimum absolute atomic E-state index is 0.343. The Labute approximate surface area is 156 Å². The number of likely N-dealkylation sites (tertiary alicyclic amines) is 1. The third kappa shape index (κ3) is 5.48. The van der Waals surface area contributed by atoms with E-state index >= 15 is 0 Å². The van der Waals surface area contributed by atoms with Gasteiger partial charge in [0, 0.05) is 6.54 Å². The van der Waals surface area contributed by atoms with Gasteiger partial charge in [-0.1, -0.05) is 30.3 Å². The summed E-state index contributed by atoms with van der Waals surface area (Å²) in [5.74, 6) is 1.76. The van der Waals surface area contributed by atoms with Crippen LogP contribution in [0.2, 0.25) is 0 Å². The molecule has 0 bridgehead atoms. The Kier molecular flexibility index (Phi) is 6.92. The van der Waals surface area contributed by atoms with Crippen molar-refractivity contribution in [3.05, 3.63) is 59.7 Å². The van der Waals surface area contributed by atoms with Crippen molar-refractivity contribution in [1.82, 2.24) is 4.90 Å². The molecular weight excluding hydrogens is 326 g/mol. The maximum Gasteiger partial charge on any atom is 0.122 e. The summed E-state index contributed by atoms with van der Waals surface area (Å²) in [5, 5.41) is 10.2. The van der Waals surface area contributed by atoms with Gasteiger partial charge in [-0.2, -0.15) is 0 Å². The first kappa shape index (κ1) is 18.7. The van der Waals surface area contributed by atoms with Gasteiger partial charge in [0.15, 0.2) is 0 Å². The molecule has 1 heterocycles. The van der Waals surface area contributed by atoms with E-state index in [9.17, 15) is 5.11 Å². The first-order valence-electron chi connectivity index (χ1n) is 9.48. The van der Waals surface area contributed by atoms with Gasteiger partial charge in [0.05, 0.1) is 7.11 Å². The summed E-state index contributed by atoms with van der Waals surface area (Å²) in [6, 6.07) is 16.3. The molecule has 2 aromatic rings. The summed E-state index contributed by atoms with van der Waals surface area (Å²) >= 11 is 0. The molecule has 0 radical (unpaired) electrons. The van der Waals surface area contributed by atoms with E-state index in [4.69, 9.17) is 9.47 Å². The van der Waals surface area contributed by atoms with Crippen LogP contribution in [0.3, 0.4) is 0 Å². The van der Waals surface area contributed by atoms with Crippen molar-refractivity contribution in [3.63, 3.8) is 0 Å². The number of benzene rings is 2. The van der Waals surface area contributed by atoms with Gasteiger partial charge in [0.25, 0.3) is 0 Å². The van der Waals surface area contributed by atoms with E-state index in [0.717, 1.165) is 37.4 Å². The monoisotopic (exact) mass is 355 g/mol. The highest BCUT2D eigenvalue weighted by atomic mass is 16.5. The Bertz CT molecular complexity index is 665. The zero-order valence-corrected chi connectivity index (χ0v) is 15.6. The van der Waals surface area contributed by atoms with Gasteiger partial charge >= 0.3 is 0 Å². The Morgan fingerprint density at radius 3 is 2.46 bits per heavy atom. The van der Waals surface area contributed by atoms with E-state index in [2.05, 4.69) is 23.1 Å². The molecule has 1 aliphatic rings. The highest BCUT2D eigenvalue weighted by Crippen LogP contribution is 2.21. The van der Waals surface area contributed by atoms with Crippen molar-refractivity contribution in [2.45, 2.75) is 31.8 Å². The summed E-state index contributed by atoms with van der Waals surface area (Å²) in [6.45, 7) is 3.23. The maximum atomic E-state index is 10.2. The Morgan fingerprint density at radius 2 is 1.73 bits per heavy atom. The first-order chi connectivity index (χ1) is 12.7. The normalized spacial score (nSPS) is 15.8. The minimum Gasteiger partial charge on any atom is -0.497 e. The molecule has 4 heteroatoms. The van der Waals surface area contributed by atoms with Crippen molar-refractivity contribution in [2.24, 2.45) is 0 Å². The largest absolute Gasteiger partial charge is 0.497 e. The summed E-state index contributed by atoms with van der Waals surface area (Å²) in [7, 11) is 1.68. The fraction of sp³-hybridized carbons (Fsp3) is 0.455. The summed E-state index contributed by atoms with van der Waals surface area (Å²) in [5.41, 5.74) is 2.45. The van der Waals surface area contributed by atoms with Crippen LogP contribution in [0.1, 0.15) is 24.0 Å². The predicted molar refractivity (Wildman–Crippen MR) is 104 cm³/mol. The van der Waals surface area contributed by atoms with Crippen LogP contribution in [-0.4, -0.2) is 49.5 Å². The third-order valence-corrected chi connectivity index (χ3v) is 4.91. The van der Waals surface area contributed by atoms with Gasteiger partial charge in [0.2, 0.25) is 0 Å². The smallest absolute Gasteiger partial charge is 0.122 e. The maximum absolute atomic E-state index is 10.2. The summed E-state index contributed by atoms with van der Waals surface area (Å²) < 4.78 is 11.1. The highest BCUT2D eigenvalue weighted by Gasteiger charge is 2.16. The number of hydrogen-bond donors (Lipinski definition) is 1. The lowest BCUT2D eigenvalue weighted by Gasteiger charge is -2.20. The Morgan fingerprint density at radius 1 is 1.00 bits per heavy atom. The molecule has 1 fully saturated rings. The molecule has 1 aliphatic heterocycles. The van der Waals surface area contributed by atoms with Crippen molar-refractivity contribution in [3.8, 4) is 11.5 Å². The average Bonchev–Trinajstić information content (AvgIpc) is 3.18. The number of rotatable bonds is 9. The van der Waals surface area contributed by atoms with Crippen LogP contribution in [0.5, 0.6) is 11.5 Å². The van der Waals surface area contributed by atoms with E-state index < -0.39 is 6.10 Å². The molecular formula is C22H29NO3. The van der Waals surface area contributed by atoms with Crippen molar-refractivity contribution in [2.75, 3.05) is 33.4 Å². The van der Waals surface area contributed by atoms with Crippen molar-refractivity contribution >= 4 is 0 Å². The Hall–Kier alpha value is -2.04. The number of aliphatic hydroxyl groups excluding tert-OH is 1. The molecule has 4 nitrogen and oxygen atoms in total. The second-order valence-electron chi connectivity index (χ2n) is 6.93. The van der Waals surface area contributed by atoms with E-state index in [-0.39, 0.29) is 0 Å². The fourth-order valence-electron chi connectivity index (χ4n) is 3.42. The first-order valence-corrected chi connectivity index (χ1v) is 9.48. The van der Waals surface area contributed by atoms with Gasteiger partial charge in [-0.3, -0.25) is 0 Å². The highest BCUT2D eigenvalue weighted by molar-refractivity contribution is 5.35. The zero-order chi connectivity index (χ0) is 18.2. The minimum atomic E-state index is -0.442. The molecule has 0 amide bonds. The molecule has 26 heavy (non-hydrogen) atoms. The number of β-amino-alcohol motifs (C(OH)–C–C–N with tert-alkyl or cyclic N) is 1. The predicted octanol–water partition coefficient (Wildman–Crippen LogP) is 3.32. The number of hydrogen-bond acceptors (Lipinski definition) is 4. The topological polar surface area (TPSA) is 41.9 Å². The molecule has 140 valence electrons. The van der Waals surface area contributed by atoms with Crippen LogP contribution in [0.25, 0.3) is 0 Å². The molecule has 0 saturated carbocycles. The van der Waals surface area contributed by atoms with Crippen LogP contribution < -0.4 is 9.47 Å². The van der Waals surface area contributed by atoms with Crippen LogP contribution in [0.4, 0.5) is 0 Å². The van der Waals surface area contributed by atoms with Gasteiger partial charge < -0.3 is 19.5 Å². The number of nitrogens with zero attached hydrogens (tertiary/aromatic N) is 1. The summed E-state index contributed by atoms with van der Waals surface area (Å²) in [4.78, 5) is 2.31. The second-order valence-corrected chi connectivity index (χ2v) is 6.93. The van der Waals surface area contributed by atoms with Gasteiger partial charge in [-0.25, -0.2) is 0 Å². The van der Waals surface area contributed by atoms with Crippen LogP contribution >= 0.6 is 0 Å². The van der Waals surface area contributed by atoms with E-state index in [1.807, 2.05) is 30.3 Å². The van der Waals surface area contributed by atoms with Crippen molar-refractivity contribution < 1.29 is 14.6 Å². The average molecular weight is 355 g/mol. The molecule has 2 aromatic carbocycles. The number of ether oxygens (including phenoxy) is 2. The molecule has 0 unspecified atom stereocenters. The number of methoxy groups -OCH3 is 1. The van der Waals surface area contributed by atoms with Crippen molar-refractivity contribution in [1.29, 1.82) is 0 Å². The second kappa shape index (κ2) is 9.60. The molecule has 1 atom stereocenters. The van der Waals surface area contributed by atoms with E-state index in [0.29, 0.717) is 13.2 Å². The SMILES string of the molecule is COc1ccc(CCc2ccccc2OC[C@@H](O)CN2CCCC2)cc1. The Balaban J connectivity index is 1.51. The molecule has 1 N–H and O–H groups in total. The molecule has 0 spiro atoms. The zero-order valence-electron chi connectivity index (χ0n) is 15.6. The third-order valence-electron chi connectivity index (χ3n) is 4.91. The van der Waals surface area contributed by atoms with Gasteiger partial charge in [-0.15, -0.1) is 0 Å². The molecule has 1 saturated heterocycles. The summed E-state index contributed by atoms with van der Waals surface area (Å²) in [6.07, 6.45) is 3.89. The quantitative estimate of drug-likeness (QED) is 0.749. The van der Waals surface area contributed by atoms with Gasteiger partial charge in [0.1, 0.15) is 24.2 Å². The standard InChI is InChI=1S/C22H29NO3/c1-25-21-12-9-18(10-13-21)8-11-19-6-2-3-7-22(19)26-17-20(24)16-23-14-4-5-15-23/h2-3,6-7,9-10,12-13,20,24H,4-5,8,11,14-17H2,1H3/t20-/m0/s1.